The number of amides is 1. The van der Waals surface area contributed by atoms with Crippen LogP contribution in [0.3, 0.4) is 0 Å². The molecule has 1 aromatic heterocycles. The van der Waals surface area contributed by atoms with Gasteiger partial charge in [-0.1, -0.05) is 24.3 Å². The van der Waals surface area contributed by atoms with E-state index in [1.165, 1.54) is 41.0 Å². The number of rotatable bonds is 6. The van der Waals surface area contributed by atoms with Gasteiger partial charge < -0.3 is 5.32 Å². The minimum absolute atomic E-state index is 0.0857. The summed E-state index contributed by atoms with van der Waals surface area (Å²) in [4.78, 5) is 12.7. The van der Waals surface area contributed by atoms with Gasteiger partial charge >= 0.3 is 0 Å². The van der Waals surface area contributed by atoms with Gasteiger partial charge in [0.05, 0.1) is 4.90 Å². The molecule has 2 N–H and O–H groups in total. The van der Waals surface area contributed by atoms with Crippen LogP contribution in [0, 0.1) is 0 Å². The highest BCUT2D eigenvalue weighted by molar-refractivity contribution is 7.93. The topological polar surface area (TPSA) is 101 Å². The van der Waals surface area contributed by atoms with Crippen molar-refractivity contribution in [3.8, 4) is 0 Å². The van der Waals surface area contributed by atoms with E-state index in [1.54, 1.807) is 12.1 Å². The Kier molecular flexibility index (Phi) is 5.83. The second-order valence-corrected chi connectivity index (χ2v) is 9.87. The lowest BCUT2D eigenvalue weighted by Gasteiger charge is -2.16. The quantitative estimate of drug-likeness (QED) is 0.600. The van der Waals surface area contributed by atoms with Crippen LogP contribution < -0.4 is 10.0 Å². The number of anilines is 2. The van der Waals surface area contributed by atoms with E-state index < -0.39 is 10.0 Å². The van der Waals surface area contributed by atoms with Gasteiger partial charge in [0, 0.05) is 11.3 Å². The Morgan fingerprint density at radius 1 is 1.03 bits per heavy atom. The molecule has 30 heavy (non-hydrogen) atoms. The molecule has 156 valence electrons. The Bertz CT molecular complexity index is 1170. The van der Waals surface area contributed by atoms with Gasteiger partial charge in [0.2, 0.25) is 5.13 Å². The molecule has 2 aromatic carbocycles. The fourth-order valence-corrected chi connectivity index (χ4v) is 5.32. The summed E-state index contributed by atoms with van der Waals surface area (Å²) in [5, 5.41) is 11.6. The molecular weight excluding hydrogens is 420 g/mol. The lowest BCUT2D eigenvalue weighted by atomic mass is 9.90. The fraction of sp³-hybridized carbons (Fsp3) is 0.286. The van der Waals surface area contributed by atoms with Crippen LogP contribution in [0.25, 0.3) is 0 Å². The number of fused-ring (bicyclic) bond motifs is 1. The van der Waals surface area contributed by atoms with Crippen molar-refractivity contribution in [3.05, 3.63) is 64.2 Å². The summed E-state index contributed by atoms with van der Waals surface area (Å²) in [5.41, 5.74) is 3.70. The molecule has 0 saturated carbocycles. The van der Waals surface area contributed by atoms with Crippen molar-refractivity contribution in [1.82, 2.24) is 10.2 Å². The fourth-order valence-electron chi connectivity index (χ4n) is 3.41. The van der Waals surface area contributed by atoms with Crippen LogP contribution in [-0.2, 0) is 29.3 Å². The van der Waals surface area contributed by atoms with Crippen LogP contribution >= 0.6 is 11.3 Å². The minimum atomic E-state index is -3.77. The number of aromatic nitrogens is 2. The Morgan fingerprint density at radius 2 is 1.77 bits per heavy atom. The number of carbonyl (C=O) groups excluding carboxylic acids is 1. The van der Waals surface area contributed by atoms with Crippen molar-refractivity contribution in [1.29, 1.82) is 0 Å². The first kappa shape index (κ1) is 20.5. The van der Waals surface area contributed by atoms with Crippen LogP contribution in [0.5, 0.6) is 0 Å². The first-order valence-electron chi connectivity index (χ1n) is 9.83. The number of hydrogen-bond acceptors (Lipinski definition) is 6. The van der Waals surface area contributed by atoms with Gasteiger partial charge in [-0.15, -0.1) is 10.2 Å². The number of nitrogens with zero attached hydrogens (tertiary/aromatic N) is 2. The molecule has 0 atom stereocenters. The maximum Gasteiger partial charge on any atom is 0.263 e. The highest BCUT2D eigenvalue weighted by atomic mass is 32.2. The summed E-state index contributed by atoms with van der Waals surface area (Å²) in [7, 11) is -3.77. The van der Waals surface area contributed by atoms with Crippen molar-refractivity contribution in [3.63, 3.8) is 0 Å². The van der Waals surface area contributed by atoms with Gasteiger partial charge in [-0.2, -0.15) is 0 Å². The predicted octanol–water partition coefficient (Wildman–Crippen LogP) is 4.03. The highest BCUT2D eigenvalue weighted by Crippen LogP contribution is 2.24. The molecule has 0 spiro atoms. The van der Waals surface area contributed by atoms with Crippen LogP contribution in [0.1, 0.15) is 46.3 Å². The van der Waals surface area contributed by atoms with E-state index in [0.29, 0.717) is 17.7 Å². The normalized spacial score (nSPS) is 13.5. The summed E-state index contributed by atoms with van der Waals surface area (Å²) in [5.74, 6) is -0.210. The van der Waals surface area contributed by atoms with Crippen LogP contribution in [0.4, 0.5) is 10.8 Å². The Labute approximate surface area is 179 Å². The summed E-state index contributed by atoms with van der Waals surface area (Å²) in [6.07, 6.45) is 5.11. The molecule has 0 unspecified atom stereocenters. The first-order valence-corrected chi connectivity index (χ1v) is 12.1. The number of benzene rings is 2. The van der Waals surface area contributed by atoms with E-state index in [1.807, 2.05) is 25.1 Å². The van der Waals surface area contributed by atoms with Crippen LogP contribution in [0.15, 0.2) is 47.4 Å². The maximum atomic E-state index is 12.6. The number of carbonyl (C=O) groups is 1. The molecule has 0 bridgehead atoms. The standard InChI is InChI=1S/C21H22N4O3S2/c1-2-19-23-24-21(29-19)25-30(27,28)18-11-9-17(10-12-18)22-20(26)16-8-7-14-5-3-4-6-15(14)13-16/h7-13H,2-6H2,1H3,(H,22,26)(H,24,25). The molecule has 3 aromatic rings. The second-order valence-electron chi connectivity index (χ2n) is 7.13. The number of sulfonamides is 1. The average Bonchev–Trinajstić information content (AvgIpc) is 3.20. The largest absolute Gasteiger partial charge is 0.322 e. The SMILES string of the molecule is CCc1nnc(NS(=O)(=O)c2ccc(NC(=O)c3ccc4c(c3)CCCC4)cc2)s1. The van der Waals surface area contributed by atoms with Gasteiger partial charge in [0.15, 0.2) is 0 Å². The third-order valence-electron chi connectivity index (χ3n) is 5.02. The number of aryl methyl sites for hydroxylation is 3. The summed E-state index contributed by atoms with van der Waals surface area (Å²) >= 11 is 1.20. The molecule has 0 radical (unpaired) electrons. The van der Waals surface area contributed by atoms with Crippen molar-refractivity contribution in [2.75, 3.05) is 10.0 Å². The van der Waals surface area contributed by atoms with Crippen LogP contribution in [0.2, 0.25) is 0 Å². The molecule has 1 aliphatic rings. The molecule has 0 saturated heterocycles. The maximum absolute atomic E-state index is 12.6. The number of hydrogen-bond donors (Lipinski definition) is 2. The monoisotopic (exact) mass is 442 g/mol. The molecule has 9 heteroatoms. The van der Waals surface area contributed by atoms with E-state index in [-0.39, 0.29) is 15.9 Å². The molecule has 7 nitrogen and oxygen atoms in total. The van der Waals surface area contributed by atoms with E-state index in [2.05, 4.69) is 20.2 Å². The van der Waals surface area contributed by atoms with Crippen molar-refractivity contribution in [2.24, 2.45) is 0 Å². The zero-order valence-corrected chi connectivity index (χ0v) is 18.1. The minimum Gasteiger partial charge on any atom is -0.322 e. The van der Waals surface area contributed by atoms with Gasteiger partial charge in [0.1, 0.15) is 5.01 Å². The summed E-state index contributed by atoms with van der Waals surface area (Å²) in [6, 6.07) is 11.9. The highest BCUT2D eigenvalue weighted by Gasteiger charge is 2.17. The van der Waals surface area contributed by atoms with Crippen molar-refractivity contribution < 1.29 is 13.2 Å². The smallest absolute Gasteiger partial charge is 0.263 e. The zero-order chi connectivity index (χ0) is 21.1. The van der Waals surface area contributed by atoms with E-state index in [0.717, 1.165) is 24.3 Å². The van der Waals surface area contributed by atoms with Crippen LogP contribution in [-0.4, -0.2) is 24.5 Å². The average molecular weight is 443 g/mol. The molecule has 1 heterocycles. The summed E-state index contributed by atoms with van der Waals surface area (Å²) in [6.45, 7) is 1.93. The predicted molar refractivity (Wildman–Crippen MR) is 118 cm³/mol. The third-order valence-corrected chi connectivity index (χ3v) is 7.49. The number of nitrogens with one attached hydrogen (secondary N) is 2. The van der Waals surface area contributed by atoms with Gasteiger partial charge in [-0.3, -0.25) is 9.52 Å². The van der Waals surface area contributed by atoms with E-state index >= 15 is 0 Å². The van der Waals surface area contributed by atoms with Crippen molar-refractivity contribution in [2.45, 2.75) is 43.9 Å². The zero-order valence-electron chi connectivity index (χ0n) is 16.5. The lowest BCUT2D eigenvalue weighted by Crippen LogP contribution is -2.15. The van der Waals surface area contributed by atoms with Crippen molar-refractivity contribution >= 4 is 38.1 Å². The summed E-state index contributed by atoms with van der Waals surface area (Å²) < 4.78 is 27.5. The van der Waals surface area contributed by atoms with Gasteiger partial charge in [0.25, 0.3) is 15.9 Å². The molecule has 1 aliphatic carbocycles. The van der Waals surface area contributed by atoms with Gasteiger partial charge in [-0.25, -0.2) is 8.42 Å². The molecule has 1 amide bonds. The Balaban J connectivity index is 1.44. The molecule has 0 aliphatic heterocycles. The third kappa shape index (κ3) is 4.52. The van der Waals surface area contributed by atoms with Gasteiger partial charge in [-0.05, 0) is 79.6 Å². The molecule has 4 rings (SSSR count). The van der Waals surface area contributed by atoms with E-state index in [4.69, 9.17) is 0 Å². The second kappa shape index (κ2) is 8.53. The lowest BCUT2D eigenvalue weighted by molar-refractivity contribution is 0.102. The first-order chi connectivity index (χ1) is 14.4. The Hall–Kier alpha value is -2.78. The Morgan fingerprint density at radius 3 is 2.47 bits per heavy atom. The van der Waals surface area contributed by atoms with E-state index in [9.17, 15) is 13.2 Å². The molecule has 0 fully saturated rings. The molecular formula is C21H22N4O3S2.